The molecule has 8 heteroatoms. The smallest absolute Gasteiger partial charge is 0.395 e. The minimum absolute atomic E-state index is 0.0972. The summed E-state index contributed by atoms with van der Waals surface area (Å²) >= 11 is 0. The van der Waals surface area contributed by atoms with Gasteiger partial charge < -0.3 is 10.8 Å². The van der Waals surface area contributed by atoms with Gasteiger partial charge in [-0.25, -0.2) is 4.89 Å². The minimum Gasteiger partial charge on any atom is -0.395 e. The van der Waals surface area contributed by atoms with E-state index in [9.17, 15) is 8.42 Å². The molecule has 0 unspecified atom stereocenters. The molecule has 0 saturated heterocycles. The zero-order valence-corrected chi connectivity index (χ0v) is 9.24. The highest BCUT2D eigenvalue weighted by Gasteiger charge is 2.16. The van der Waals surface area contributed by atoms with E-state index in [0.29, 0.717) is 6.54 Å². The van der Waals surface area contributed by atoms with Crippen LogP contribution in [0.2, 0.25) is 0 Å². The normalized spacial score (nSPS) is 11.9. The Kier molecular flexibility index (Phi) is 8.21. The van der Waals surface area contributed by atoms with E-state index in [1.807, 2.05) is 0 Å². The van der Waals surface area contributed by atoms with Crippen molar-refractivity contribution >= 4 is 10.4 Å². The van der Waals surface area contributed by atoms with Crippen LogP contribution in [0.1, 0.15) is 20.8 Å². The summed E-state index contributed by atoms with van der Waals surface area (Å²) in [7, 11) is -4.48. The third-order valence-corrected chi connectivity index (χ3v) is 0.739. The lowest BCUT2D eigenvalue weighted by Crippen LogP contribution is -2.21. The second-order valence-electron chi connectivity index (χ2n) is 3.20. The van der Waals surface area contributed by atoms with Crippen LogP contribution in [-0.4, -0.2) is 36.8 Å². The van der Waals surface area contributed by atoms with Crippen LogP contribution in [0.3, 0.4) is 0 Å². The molecule has 0 aromatic carbocycles. The van der Waals surface area contributed by atoms with Crippen LogP contribution in [0.25, 0.3) is 0 Å². The van der Waals surface area contributed by atoms with Crippen LogP contribution in [0, 0.1) is 0 Å². The number of rotatable bonds is 3. The molecule has 0 bridgehead atoms. The minimum atomic E-state index is -4.48. The van der Waals surface area contributed by atoms with Crippen LogP contribution in [-0.2, 0) is 19.6 Å². The first-order chi connectivity index (χ1) is 6.12. The molecule has 0 aliphatic heterocycles. The average molecular weight is 231 g/mol. The van der Waals surface area contributed by atoms with E-state index < -0.39 is 16.0 Å². The Bertz CT molecular complexity index is 217. The van der Waals surface area contributed by atoms with Gasteiger partial charge >= 0.3 is 10.4 Å². The lowest BCUT2D eigenvalue weighted by Gasteiger charge is -2.14. The molecule has 0 rings (SSSR count). The molecule has 4 N–H and O–H groups in total. The maximum atomic E-state index is 9.89. The Morgan fingerprint density at radius 1 is 1.36 bits per heavy atom. The predicted molar refractivity (Wildman–Crippen MR) is 49.6 cm³/mol. The van der Waals surface area contributed by atoms with Gasteiger partial charge in [0.1, 0.15) is 0 Å². The van der Waals surface area contributed by atoms with Gasteiger partial charge in [0.15, 0.2) is 0 Å². The first kappa shape index (κ1) is 16.2. The van der Waals surface area contributed by atoms with Gasteiger partial charge in [-0.3, -0.25) is 4.55 Å². The van der Waals surface area contributed by atoms with E-state index in [2.05, 4.69) is 9.22 Å². The maximum Gasteiger partial charge on any atom is 0.424 e. The molecule has 0 aliphatic carbocycles. The Balaban J connectivity index is 0. The lowest BCUT2D eigenvalue weighted by atomic mass is 10.2. The summed E-state index contributed by atoms with van der Waals surface area (Å²) in [6.07, 6.45) is 0. The summed E-state index contributed by atoms with van der Waals surface area (Å²) < 4.78 is 31.4. The van der Waals surface area contributed by atoms with Crippen LogP contribution in [0.4, 0.5) is 0 Å². The summed E-state index contributed by atoms with van der Waals surface area (Å²) in [5.41, 5.74) is 4.02. The van der Waals surface area contributed by atoms with Gasteiger partial charge in [-0.15, -0.1) is 0 Å². The average Bonchev–Trinajstić information content (AvgIpc) is 1.99. The van der Waals surface area contributed by atoms with Crippen molar-refractivity contribution < 1.29 is 27.3 Å². The molecule has 0 heterocycles. The van der Waals surface area contributed by atoms with Crippen LogP contribution in [0.5, 0.6) is 0 Å². The molecule has 0 saturated carbocycles. The molecule has 14 heavy (non-hydrogen) atoms. The zero-order valence-electron chi connectivity index (χ0n) is 8.43. The number of aliphatic hydroxyl groups excluding tert-OH is 1. The molecule has 0 spiro atoms. The van der Waals surface area contributed by atoms with Crippen molar-refractivity contribution in [3.05, 3.63) is 0 Å². The molecule has 0 atom stereocenters. The molecule has 0 aromatic heterocycles. The number of hydrogen-bond acceptors (Lipinski definition) is 6. The van der Waals surface area contributed by atoms with E-state index >= 15 is 0 Å². The van der Waals surface area contributed by atoms with Crippen molar-refractivity contribution in [3.63, 3.8) is 0 Å². The monoisotopic (exact) mass is 231 g/mol. The first-order valence-corrected chi connectivity index (χ1v) is 5.14. The highest BCUT2D eigenvalue weighted by molar-refractivity contribution is 7.80. The van der Waals surface area contributed by atoms with Crippen LogP contribution in [0.15, 0.2) is 0 Å². The van der Waals surface area contributed by atoms with Crippen molar-refractivity contribution in [2.24, 2.45) is 5.73 Å². The van der Waals surface area contributed by atoms with Crippen molar-refractivity contribution in [2.45, 2.75) is 26.4 Å². The van der Waals surface area contributed by atoms with Crippen LogP contribution >= 0.6 is 0 Å². The number of hydrogen-bond donors (Lipinski definition) is 3. The Morgan fingerprint density at radius 3 is 1.79 bits per heavy atom. The van der Waals surface area contributed by atoms with Crippen molar-refractivity contribution in [1.29, 1.82) is 0 Å². The molecule has 0 aliphatic rings. The molecule has 0 aromatic rings. The van der Waals surface area contributed by atoms with E-state index in [-0.39, 0.29) is 6.61 Å². The van der Waals surface area contributed by atoms with E-state index in [1.54, 1.807) is 20.8 Å². The fourth-order valence-electron chi connectivity index (χ4n) is 0.145. The fourth-order valence-corrected chi connectivity index (χ4v) is 0.435. The number of aliphatic hydroxyl groups is 1. The van der Waals surface area contributed by atoms with E-state index in [4.69, 9.17) is 15.4 Å². The Labute approximate surface area is 83.7 Å². The second-order valence-corrected chi connectivity index (χ2v) is 4.20. The molecular formula is C6H17NO6S. The van der Waals surface area contributed by atoms with Gasteiger partial charge in [-0.2, -0.15) is 8.42 Å². The highest BCUT2D eigenvalue weighted by atomic mass is 32.3. The van der Waals surface area contributed by atoms with Gasteiger partial charge in [0, 0.05) is 6.54 Å². The number of nitrogens with two attached hydrogens (primary N) is 1. The molecule has 7 nitrogen and oxygen atoms in total. The molecule has 0 fully saturated rings. The lowest BCUT2D eigenvalue weighted by molar-refractivity contribution is -0.275. The second kappa shape index (κ2) is 7.10. The third-order valence-electron chi connectivity index (χ3n) is 0.499. The molecule has 0 radical (unpaired) electrons. The first-order valence-electron chi connectivity index (χ1n) is 3.78. The summed E-state index contributed by atoms with van der Waals surface area (Å²) in [6.45, 7) is 5.22. The molecule has 88 valence electrons. The van der Waals surface area contributed by atoms with E-state index in [1.165, 1.54) is 0 Å². The predicted octanol–water partition coefficient (Wildman–Crippen LogP) is -0.527. The SMILES string of the molecule is CC(C)(C)OOS(=O)(=O)O.NCCO. The molecule has 0 amide bonds. The summed E-state index contributed by atoms with van der Waals surface area (Å²) in [5.74, 6) is 0. The molecular weight excluding hydrogens is 214 g/mol. The van der Waals surface area contributed by atoms with Gasteiger partial charge in [0.25, 0.3) is 0 Å². The van der Waals surface area contributed by atoms with Gasteiger partial charge in [0.05, 0.1) is 12.2 Å². The van der Waals surface area contributed by atoms with Crippen molar-refractivity contribution in [1.82, 2.24) is 0 Å². The quantitative estimate of drug-likeness (QED) is 0.339. The van der Waals surface area contributed by atoms with Crippen molar-refractivity contribution in [3.8, 4) is 0 Å². The topological polar surface area (TPSA) is 119 Å². The van der Waals surface area contributed by atoms with Gasteiger partial charge in [0.2, 0.25) is 0 Å². The van der Waals surface area contributed by atoms with Gasteiger partial charge in [-0.1, -0.05) is 4.33 Å². The largest absolute Gasteiger partial charge is 0.424 e. The van der Waals surface area contributed by atoms with E-state index in [0.717, 1.165) is 0 Å². The Morgan fingerprint density at radius 2 is 1.71 bits per heavy atom. The highest BCUT2D eigenvalue weighted by Crippen LogP contribution is 2.08. The fraction of sp³-hybridized carbons (Fsp3) is 1.00. The Hall–Kier alpha value is -0.250. The summed E-state index contributed by atoms with van der Waals surface area (Å²) in [4.78, 5) is 4.26. The summed E-state index contributed by atoms with van der Waals surface area (Å²) in [6, 6.07) is 0. The maximum absolute atomic E-state index is 9.89. The standard InChI is InChI=1S/C4H10O5S.C2H7NO/c1-4(2,3)8-9-10(5,6)7;3-1-2-4/h1-3H3,(H,5,6,7);4H,1-3H2. The van der Waals surface area contributed by atoms with Crippen molar-refractivity contribution in [2.75, 3.05) is 13.2 Å². The summed E-state index contributed by atoms with van der Waals surface area (Å²) in [5, 5.41) is 7.75. The third kappa shape index (κ3) is 22.6. The van der Waals surface area contributed by atoms with Crippen LogP contribution < -0.4 is 5.73 Å². The van der Waals surface area contributed by atoms with Gasteiger partial charge in [-0.05, 0) is 20.8 Å². The zero-order chi connectivity index (χ0) is 11.8.